The lowest BCUT2D eigenvalue weighted by molar-refractivity contribution is -0.320. The highest BCUT2D eigenvalue weighted by Gasteiger charge is 2.48. The van der Waals surface area contributed by atoms with Gasteiger partial charge in [-0.15, -0.1) is 0 Å². The molecule has 0 aliphatic carbocycles. The monoisotopic (exact) mass is 520 g/mol. The van der Waals surface area contributed by atoms with Gasteiger partial charge in [-0.1, -0.05) is 58.3 Å². The van der Waals surface area contributed by atoms with E-state index in [9.17, 15) is 24.9 Å². The van der Waals surface area contributed by atoms with Crippen molar-refractivity contribution in [1.29, 1.82) is 0 Å². The van der Waals surface area contributed by atoms with Gasteiger partial charge in [0.2, 0.25) is 0 Å². The van der Waals surface area contributed by atoms with E-state index in [1.54, 1.807) is 0 Å². The molecule has 0 radical (unpaired) electrons. The molecule has 12 nitrogen and oxygen atoms in total. The van der Waals surface area contributed by atoms with Gasteiger partial charge >= 0.3 is 6.09 Å². The van der Waals surface area contributed by atoms with E-state index in [0.29, 0.717) is 6.54 Å². The minimum absolute atomic E-state index is 0.101. The Hall–Kier alpha value is -1.54. The van der Waals surface area contributed by atoms with Crippen LogP contribution in [0.4, 0.5) is 4.79 Å². The fourth-order valence-corrected chi connectivity index (χ4v) is 4.16. The standard InChI is InChI=1S/C24H44N2O10/c1-2-3-4-5-6-7-8-9-10-11-25-23(31)32-12-18-19-20(35-16-33-18)21(36-17-34-19)22(30)26-24(13-27,14-28)15-29/h18-21,27-29H,2-17H2,1H3,(H,25,31)(H,26,30)/t18-,19-,20+,21-/m1/s1. The molecule has 0 saturated carbocycles. The van der Waals surface area contributed by atoms with E-state index < -0.39 is 61.8 Å². The van der Waals surface area contributed by atoms with E-state index in [1.807, 2.05) is 0 Å². The van der Waals surface area contributed by atoms with Crippen LogP contribution in [0.1, 0.15) is 64.7 Å². The second-order valence-electron chi connectivity index (χ2n) is 9.39. The SMILES string of the molecule is CCCCCCCCCCCNC(=O)OC[C@H]1OCO[C@H]2[C@@H]1OCO[C@H]2C(=O)NC(CO)(CO)CO. The van der Waals surface area contributed by atoms with Crippen LogP contribution >= 0.6 is 0 Å². The molecule has 2 fully saturated rings. The Morgan fingerprint density at radius 3 is 2.06 bits per heavy atom. The van der Waals surface area contributed by atoms with Gasteiger partial charge in [-0.25, -0.2) is 4.79 Å². The smallest absolute Gasteiger partial charge is 0.407 e. The first-order valence-electron chi connectivity index (χ1n) is 13.0. The highest BCUT2D eigenvalue weighted by atomic mass is 16.8. The molecule has 2 rings (SSSR count). The predicted molar refractivity (Wildman–Crippen MR) is 128 cm³/mol. The summed E-state index contributed by atoms with van der Waals surface area (Å²) in [6.45, 7) is 0.228. The Balaban J connectivity index is 1.70. The fourth-order valence-electron chi connectivity index (χ4n) is 4.16. The topological polar surface area (TPSA) is 165 Å². The largest absolute Gasteiger partial charge is 0.447 e. The number of hydrogen-bond donors (Lipinski definition) is 5. The first kappa shape index (κ1) is 30.7. The van der Waals surface area contributed by atoms with Gasteiger partial charge in [0, 0.05) is 6.54 Å². The first-order valence-corrected chi connectivity index (χ1v) is 13.0. The maximum absolute atomic E-state index is 12.7. The molecule has 2 heterocycles. The molecule has 0 bridgehead atoms. The van der Waals surface area contributed by atoms with Crippen LogP contribution in [-0.4, -0.2) is 104 Å². The quantitative estimate of drug-likeness (QED) is 0.171. The van der Waals surface area contributed by atoms with E-state index in [2.05, 4.69) is 17.6 Å². The molecule has 0 unspecified atom stereocenters. The number of amides is 2. The lowest BCUT2D eigenvalue weighted by atomic mass is 9.98. The Labute approximate surface area is 212 Å². The molecule has 2 aliphatic heterocycles. The maximum Gasteiger partial charge on any atom is 0.407 e. The zero-order valence-electron chi connectivity index (χ0n) is 21.3. The van der Waals surface area contributed by atoms with Crippen molar-refractivity contribution in [3.05, 3.63) is 0 Å². The van der Waals surface area contributed by atoms with E-state index in [-0.39, 0.29) is 20.2 Å². The van der Waals surface area contributed by atoms with Crippen molar-refractivity contribution in [2.24, 2.45) is 0 Å². The second kappa shape index (κ2) is 17.1. The number of carbonyl (C=O) groups is 2. The van der Waals surface area contributed by atoms with Crippen molar-refractivity contribution in [3.8, 4) is 0 Å². The van der Waals surface area contributed by atoms with Gasteiger partial charge in [-0.05, 0) is 6.42 Å². The Morgan fingerprint density at radius 2 is 1.42 bits per heavy atom. The van der Waals surface area contributed by atoms with Crippen LogP contribution in [0, 0.1) is 0 Å². The van der Waals surface area contributed by atoms with Crippen LogP contribution < -0.4 is 10.6 Å². The Morgan fingerprint density at radius 1 is 0.833 bits per heavy atom. The van der Waals surface area contributed by atoms with Gasteiger partial charge in [0.1, 0.15) is 44.0 Å². The summed E-state index contributed by atoms with van der Waals surface area (Å²) in [5.41, 5.74) is -1.60. The molecule has 2 amide bonds. The third-order valence-corrected chi connectivity index (χ3v) is 6.52. The summed E-state index contributed by atoms with van der Waals surface area (Å²) in [5, 5.41) is 33.5. The maximum atomic E-state index is 12.7. The van der Waals surface area contributed by atoms with Crippen LogP contribution in [0.3, 0.4) is 0 Å². The third-order valence-electron chi connectivity index (χ3n) is 6.52. The Bertz CT molecular complexity index is 626. The van der Waals surface area contributed by atoms with E-state index in [1.165, 1.54) is 38.5 Å². The van der Waals surface area contributed by atoms with E-state index in [0.717, 1.165) is 19.3 Å². The molecule has 12 heteroatoms. The highest BCUT2D eigenvalue weighted by Crippen LogP contribution is 2.27. The average Bonchev–Trinajstić information content (AvgIpc) is 2.91. The lowest BCUT2D eigenvalue weighted by Gasteiger charge is -2.44. The number of unbranched alkanes of at least 4 members (excludes halogenated alkanes) is 8. The van der Waals surface area contributed by atoms with Crippen molar-refractivity contribution in [2.75, 3.05) is 46.6 Å². The van der Waals surface area contributed by atoms with Crippen molar-refractivity contribution in [1.82, 2.24) is 10.6 Å². The lowest BCUT2D eigenvalue weighted by Crippen LogP contribution is -2.65. The second-order valence-corrected chi connectivity index (χ2v) is 9.39. The molecule has 4 atom stereocenters. The predicted octanol–water partition coefficient (Wildman–Crippen LogP) is 0.558. The molecular formula is C24H44N2O10. The molecular weight excluding hydrogens is 476 g/mol. The minimum atomic E-state index is -1.60. The summed E-state index contributed by atoms with van der Waals surface area (Å²) in [6, 6.07) is 0. The van der Waals surface area contributed by atoms with E-state index in [4.69, 9.17) is 23.7 Å². The number of nitrogens with one attached hydrogen (secondary N) is 2. The van der Waals surface area contributed by atoms with E-state index >= 15 is 0 Å². The minimum Gasteiger partial charge on any atom is -0.447 e. The molecule has 0 aromatic rings. The van der Waals surface area contributed by atoms with Gasteiger partial charge < -0.3 is 49.6 Å². The zero-order chi connectivity index (χ0) is 26.2. The van der Waals surface area contributed by atoms with Crippen LogP contribution in [0.2, 0.25) is 0 Å². The summed E-state index contributed by atoms with van der Waals surface area (Å²) in [6.07, 6.45) is 6.77. The summed E-state index contributed by atoms with van der Waals surface area (Å²) in [5.74, 6) is -0.689. The number of fused-ring (bicyclic) bond motifs is 1. The zero-order valence-corrected chi connectivity index (χ0v) is 21.3. The van der Waals surface area contributed by atoms with Crippen LogP contribution in [-0.2, 0) is 28.5 Å². The van der Waals surface area contributed by atoms with Crippen molar-refractivity contribution in [2.45, 2.75) is 94.7 Å². The highest BCUT2D eigenvalue weighted by molar-refractivity contribution is 5.82. The summed E-state index contributed by atoms with van der Waals surface area (Å²) in [4.78, 5) is 24.8. The number of rotatable bonds is 17. The number of alkyl carbamates (subject to hydrolysis) is 1. The first-order chi connectivity index (χ1) is 17.5. The van der Waals surface area contributed by atoms with Gasteiger partial charge in [0.15, 0.2) is 6.10 Å². The van der Waals surface area contributed by atoms with Gasteiger partial charge in [0.05, 0.1) is 19.8 Å². The molecule has 0 spiro atoms. The number of aliphatic hydroxyl groups excluding tert-OH is 3. The number of carbonyl (C=O) groups excluding carboxylic acids is 2. The molecule has 0 aromatic carbocycles. The Kier molecular flexibility index (Phi) is 14.5. The normalized spacial score (nSPS) is 24.1. The van der Waals surface area contributed by atoms with Gasteiger partial charge in [-0.3, -0.25) is 4.79 Å². The fraction of sp³-hybridized carbons (Fsp3) is 0.917. The average molecular weight is 521 g/mol. The molecule has 5 N–H and O–H groups in total. The third kappa shape index (κ3) is 9.73. The summed E-state index contributed by atoms with van der Waals surface area (Å²) >= 11 is 0. The van der Waals surface area contributed by atoms with Gasteiger partial charge in [0.25, 0.3) is 5.91 Å². The number of hydrogen-bond acceptors (Lipinski definition) is 10. The summed E-state index contributed by atoms with van der Waals surface area (Å²) in [7, 11) is 0. The molecule has 0 aromatic heterocycles. The van der Waals surface area contributed by atoms with Crippen molar-refractivity contribution < 1.29 is 48.6 Å². The van der Waals surface area contributed by atoms with Crippen LogP contribution in [0.15, 0.2) is 0 Å². The van der Waals surface area contributed by atoms with Crippen LogP contribution in [0.25, 0.3) is 0 Å². The summed E-state index contributed by atoms with van der Waals surface area (Å²) < 4.78 is 27.3. The van der Waals surface area contributed by atoms with Crippen molar-refractivity contribution in [3.63, 3.8) is 0 Å². The molecule has 2 saturated heterocycles. The molecule has 210 valence electrons. The van der Waals surface area contributed by atoms with Crippen molar-refractivity contribution >= 4 is 12.0 Å². The number of aliphatic hydroxyl groups is 3. The van der Waals surface area contributed by atoms with Gasteiger partial charge in [-0.2, -0.15) is 0 Å². The molecule has 36 heavy (non-hydrogen) atoms. The number of ether oxygens (including phenoxy) is 5. The van der Waals surface area contributed by atoms with Crippen LogP contribution in [0.5, 0.6) is 0 Å². The molecule has 2 aliphatic rings.